The van der Waals surface area contributed by atoms with Gasteiger partial charge in [-0.2, -0.15) is 0 Å². The van der Waals surface area contributed by atoms with Crippen molar-refractivity contribution >= 4 is 44.5 Å². The Bertz CT molecular complexity index is 978. The number of thioether (sulfide) groups is 1. The van der Waals surface area contributed by atoms with Gasteiger partial charge in [0.2, 0.25) is 5.91 Å². The van der Waals surface area contributed by atoms with E-state index in [1.54, 1.807) is 29.3 Å². The zero-order valence-corrected chi connectivity index (χ0v) is 17.3. The molecular formula is C21H22N4OS2. The molecule has 1 saturated heterocycles. The highest BCUT2D eigenvalue weighted by molar-refractivity contribution is 8.00. The third-order valence-corrected chi connectivity index (χ3v) is 7.51. The molecule has 1 aliphatic carbocycles. The molecule has 0 N–H and O–H groups in total. The highest BCUT2D eigenvalue weighted by Crippen LogP contribution is 2.29. The van der Waals surface area contributed by atoms with Gasteiger partial charge in [0.25, 0.3) is 0 Å². The van der Waals surface area contributed by atoms with E-state index in [1.165, 1.54) is 35.3 Å². The summed E-state index contributed by atoms with van der Waals surface area (Å²) in [4.78, 5) is 28.2. The molecule has 0 bridgehead atoms. The fraction of sp³-hybridized carbons (Fsp3) is 0.381. The summed E-state index contributed by atoms with van der Waals surface area (Å²) < 4.78 is 0. The fourth-order valence-electron chi connectivity index (χ4n) is 3.92. The topological polar surface area (TPSA) is 49.3 Å². The van der Waals surface area contributed by atoms with E-state index >= 15 is 0 Å². The van der Waals surface area contributed by atoms with E-state index in [1.807, 2.05) is 17.0 Å². The van der Waals surface area contributed by atoms with Crippen molar-refractivity contribution in [3.05, 3.63) is 47.7 Å². The van der Waals surface area contributed by atoms with E-state index in [-0.39, 0.29) is 5.91 Å². The maximum atomic E-state index is 12.7. The predicted octanol–water partition coefficient (Wildman–Crippen LogP) is 3.62. The van der Waals surface area contributed by atoms with Crippen molar-refractivity contribution < 1.29 is 4.79 Å². The van der Waals surface area contributed by atoms with Crippen molar-refractivity contribution in [2.24, 2.45) is 0 Å². The predicted molar refractivity (Wildman–Crippen MR) is 115 cm³/mol. The summed E-state index contributed by atoms with van der Waals surface area (Å²) in [5.74, 6) is 0.750. The first-order valence-electron chi connectivity index (χ1n) is 9.75. The smallest absolute Gasteiger partial charge is 0.233 e. The Morgan fingerprint density at radius 3 is 2.82 bits per heavy atom. The Kier molecular flexibility index (Phi) is 4.94. The molecule has 7 heteroatoms. The molecule has 0 saturated carbocycles. The lowest BCUT2D eigenvalue weighted by Crippen LogP contribution is -2.49. The van der Waals surface area contributed by atoms with Crippen LogP contribution in [0, 0.1) is 0 Å². The summed E-state index contributed by atoms with van der Waals surface area (Å²) in [5.41, 5.74) is 3.90. The van der Waals surface area contributed by atoms with Crippen molar-refractivity contribution in [2.75, 3.05) is 36.8 Å². The number of pyridine rings is 1. The molecule has 1 aliphatic heterocycles. The molecule has 3 aromatic rings. The third-order valence-electron chi connectivity index (χ3n) is 5.49. The number of aryl methyl sites for hydroxylation is 2. The standard InChI is InChI=1S/C21H22N4OS2/c26-19(14-27-17-7-6-15-3-1-4-16(15)13-17)24-9-11-25(12-10-24)21-23-18-5-2-8-22-20(18)28-21/h2,5-8,13H,1,3-4,9-12,14H2. The van der Waals surface area contributed by atoms with Crippen LogP contribution in [0.2, 0.25) is 0 Å². The number of rotatable bonds is 4. The number of piperazine rings is 1. The summed E-state index contributed by atoms with van der Waals surface area (Å²) in [6.45, 7) is 3.17. The quantitative estimate of drug-likeness (QED) is 0.615. The van der Waals surface area contributed by atoms with Gasteiger partial charge in [-0.1, -0.05) is 17.4 Å². The number of benzene rings is 1. The van der Waals surface area contributed by atoms with Crippen LogP contribution in [-0.4, -0.2) is 52.7 Å². The molecule has 1 amide bonds. The van der Waals surface area contributed by atoms with Crippen LogP contribution >= 0.6 is 23.1 Å². The summed E-state index contributed by atoms with van der Waals surface area (Å²) >= 11 is 3.29. The van der Waals surface area contributed by atoms with Gasteiger partial charge in [0, 0.05) is 37.3 Å². The zero-order valence-electron chi connectivity index (χ0n) is 15.6. The molecule has 0 radical (unpaired) electrons. The zero-order chi connectivity index (χ0) is 18.9. The Morgan fingerprint density at radius 2 is 1.96 bits per heavy atom. The monoisotopic (exact) mass is 410 g/mol. The minimum absolute atomic E-state index is 0.233. The van der Waals surface area contributed by atoms with Gasteiger partial charge in [-0.3, -0.25) is 4.79 Å². The fourth-order valence-corrected chi connectivity index (χ4v) is 5.74. The van der Waals surface area contributed by atoms with E-state index in [4.69, 9.17) is 0 Å². The second-order valence-corrected chi connectivity index (χ2v) is 9.27. The Balaban J connectivity index is 1.15. The van der Waals surface area contributed by atoms with Crippen molar-refractivity contribution in [3.8, 4) is 0 Å². The summed E-state index contributed by atoms with van der Waals surface area (Å²) in [6, 6.07) is 10.6. The van der Waals surface area contributed by atoms with Crippen LogP contribution < -0.4 is 4.90 Å². The van der Waals surface area contributed by atoms with E-state index in [9.17, 15) is 4.79 Å². The Hall–Kier alpha value is -2.12. The minimum atomic E-state index is 0.233. The highest BCUT2D eigenvalue weighted by atomic mass is 32.2. The third kappa shape index (κ3) is 3.61. The Labute approximate surface area is 172 Å². The minimum Gasteiger partial charge on any atom is -0.344 e. The van der Waals surface area contributed by atoms with Crippen molar-refractivity contribution in [1.82, 2.24) is 14.9 Å². The lowest BCUT2D eigenvalue weighted by Gasteiger charge is -2.34. The van der Waals surface area contributed by atoms with E-state index in [0.29, 0.717) is 5.75 Å². The molecule has 5 rings (SSSR count). The maximum absolute atomic E-state index is 12.7. The molecular weight excluding hydrogens is 388 g/mol. The van der Waals surface area contributed by atoms with Gasteiger partial charge < -0.3 is 9.80 Å². The van der Waals surface area contributed by atoms with E-state index in [0.717, 1.165) is 41.7 Å². The van der Waals surface area contributed by atoms with Crippen LogP contribution in [0.15, 0.2) is 41.4 Å². The number of anilines is 1. The molecule has 0 spiro atoms. The molecule has 0 atom stereocenters. The molecule has 2 aliphatic rings. The molecule has 5 nitrogen and oxygen atoms in total. The number of amides is 1. The van der Waals surface area contributed by atoms with E-state index in [2.05, 4.69) is 33.1 Å². The summed E-state index contributed by atoms with van der Waals surface area (Å²) in [7, 11) is 0. The van der Waals surface area contributed by atoms with Gasteiger partial charge in [-0.15, -0.1) is 11.8 Å². The number of hydrogen-bond donors (Lipinski definition) is 0. The second-order valence-electron chi connectivity index (χ2n) is 7.26. The molecule has 0 unspecified atom stereocenters. The van der Waals surface area contributed by atoms with Gasteiger partial charge >= 0.3 is 0 Å². The average molecular weight is 411 g/mol. The summed E-state index contributed by atoms with van der Waals surface area (Å²) in [5, 5.41) is 1.01. The van der Waals surface area contributed by atoms with Gasteiger partial charge in [0.1, 0.15) is 10.3 Å². The lowest BCUT2D eigenvalue weighted by atomic mass is 10.1. The SMILES string of the molecule is O=C(CSc1ccc2c(c1)CCC2)N1CCN(c2nc3cccnc3s2)CC1. The summed E-state index contributed by atoms with van der Waals surface area (Å²) in [6.07, 6.45) is 5.45. The maximum Gasteiger partial charge on any atom is 0.233 e. The number of carbonyl (C=O) groups excluding carboxylic acids is 1. The number of nitrogens with zero attached hydrogens (tertiary/aromatic N) is 4. The molecule has 3 heterocycles. The van der Waals surface area contributed by atoms with Gasteiger partial charge in [-0.25, -0.2) is 9.97 Å². The normalized spacial score (nSPS) is 16.6. The van der Waals surface area contributed by atoms with Crippen LogP contribution in [0.3, 0.4) is 0 Å². The first-order chi connectivity index (χ1) is 13.8. The molecule has 144 valence electrons. The van der Waals surface area contributed by atoms with Crippen LogP contribution in [0.25, 0.3) is 10.3 Å². The van der Waals surface area contributed by atoms with Crippen LogP contribution in [0.4, 0.5) is 5.13 Å². The molecule has 28 heavy (non-hydrogen) atoms. The van der Waals surface area contributed by atoms with Crippen molar-refractivity contribution in [1.29, 1.82) is 0 Å². The van der Waals surface area contributed by atoms with Gasteiger partial charge in [-0.05, 0) is 54.7 Å². The van der Waals surface area contributed by atoms with Gasteiger partial charge in [0.05, 0.1) is 5.75 Å². The van der Waals surface area contributed by atoms with Crippen LogP contribution in [0.5, 0.6) is 0 Å². The van der Waals surface area contributed by atoms with Crippen LogP contribution in [-0.2, 0) is 17.6 Å². The van der Waals surface area contributed by atoms with Crippen LogP contribution in [0.1, 0.15) is 17.5 Å². The average Bonchev–Trinajstić information content (AvgIpc) is 3.38. The number of fused-ring (bicyclic) bond motifs is 2. The second kappa shape index (κ2) is 7.72. The number of carbonyl (C=O) groups is 1. The number of thiazole rings is 1. The molecule has 2 aromatic heterocycles. The highest BCUT2D eigenvalue weighted by Gasteiger charge is 2.23. The first kappa shape index (κ1) is 17.9. The largest absolute Gasteiger partial charge is 0.344 e. The Morgan fingerprint density at radius 1 is 1.11 bits per heavy atom. The molecule has 1 fully saturated rings. The number of aromatic nitrogens is 2. The first-order valence-corrected chi connectivity index (χ1v) is 11.6. The van der Waals surface area contributed by atoms with Crippen molar-refractivity contribution in [3.63, 3.8) is 0 Å². The van der Waals surface area contributed by atoms with Crippen molar-refractivity contribution in [2.45, 2.75) is 24.2 Å². The van der Waals surface area contributed by atoms with Gasteiger partial charge in [0.15, 0.2) is 5.13 Å². The van der Waals surface area contributed by atoms with E-state index < -0.39 is 0 Å². The lowest BCUT2D eigenvalue weighted by molar-refractivity contribution is -0.128. The number of hydrogen-bond acceptors (Lipinski definition) is 6. The molecule has 1 aromatic carbocycles.